The first-order valence-corrected chi connectivity index (χ1v) is 15.5. The van der Waals surface area contributed by atoms with E-state index in [-0.39, 0.29) is 31.5 Å². The summed E-state index contributed by atoms with van der Waals surface area (Å²) in [7, 11) is -3.94. The molecule has 0 fully saturated rings. The highest BCUT2D eigenvalue weighted by Gasteiger charge is 2.34. The van der Waals surface area contributed by atoms with Crippen LogP contribution in [0.15, 0.2) is 66.7 Å². The van der Waals surface area contributed by atoms with Gasteiger partial charge in [0.05, 0.1) is 11.9 Å². The highest BCUT2D eigenvalue weighted by atomic mass is 35.5. The lowest BCUT2D eigenvalue weighted by Gasteiger charge is -2.34. The maximum atomic E-state index is 14.2. The van der Waals surface area contributed by atoms with Gasteiger partial charge in [-0.1, -0.05) is 59.6 Å². The summed E-state index contributed by atoms with van der Waals surface area (Å²) in [6, 6.07) is 17.6. The van der Waals surface area contributed by atoms with Crippen molar-refractivity contribution in [2.24, 2.45) is 0 Å². The van der Waals surface area contributed by atoms with E-state index < -0.39 is 34.4 Å². The average Bonchev–Trinajstić information content (AvgIpc) is 3.38. The average molecular weight is 621 g/mol. The van der Waals surface area contributed by atoms with Crippen molar-refractivity contribution in [1.82, 2.24) is 10.2 Å². The van der Waals surface area contributed by atoms with Gasteiger partial charge in [-0.05, 0) is 43.7 Å². The van der Waals surface area contributed by atoms with E-state index in [9.17, 15) is 18.0 Å². The van der Waals surface area contributed by atoms with Crippen LogP contribution >= 0.6 is 23.2 Å². The van der Waals surface area contributed by atoms with Gasteiger partial charge in [0, 0.05) is 40.7 Å². The molecule has 1 aliphatic heterocycles. The normalized spacial score (nSPS) is 13.1. The number of rotatable bonds is 11. The van der Waals surface area contributed by atoms with Gasteiger partial charge in [0.15, 0.2) is 11.5 Å². The van der Waals surface area contributed by atoms with Gasteiger partial charge in [0.2, 0.25) is 28.6 Å². The second-order valence-corrected chi connectivity index (χ2v) is 12.6. The lowest BCUT2D eigenvalue weighted by molar-refractivity contribution is -0.140. The molecule has 9 nitrogen and oxygen atoms in total. The summed E-state index contributed by atoms with van der Waals surface area (Å²) in [4.78, 5) is 29.1. The Morgan fingerprint density at radius 3 is 2.24 bits per heavy atom. The van der Waals surface area contributed by atoms with E-state index in [2.05, 4.69) is 5.32 Å². The zero-order valence-electron chi connectivity index (χ0n) is 22.8. The number of amides is 2. The molecule has 0 saturated carbocycles. The standard InChI is InChI=1S/C29H31Cl2N3O6S/c1-19(2)32-29(36)25(14-20-8-5-4-6-9-20)33(16-22-23(30)10-7-11-24(22)31)28(35)17-34(41(3,37)38)21-12-13-26-27(15-21)40-18-39-26/h4-13,15,19,25H,14,16-18H2,1-3H3,(H,32,36)/t25-/m1/s1. The Bertz CT molecular complexity index is 1500. The highest BCUT2D eigenvalue weighted by Crippen LogP contribution is 2.36. The topological polar surface area (TPSA) is 105 Å². The van der Waals surface area contributed by atoms with Gasteiger partial charge in [-0.2, -0.15) is 0 Å². The summed E-state index contributed by atoms with van der Waals surface area (Å²) in [5.74, 6) is -0.184. The molecule has 0 unspecified atom stereocenters. The molecular weight excluding hydrogens is 589 g/mol. The first-order chi connectivity index (χ1) is 19.4. The van der Waals surface area contributed by atoms with E-state index in [0.717, 1.165) is 16.1 Å². The molecule has 4 rings (SSSR count). The van der Waals surface area contributed by atoms with Gasteiger partial charge < -0.3 is 19.7 Å². The summed E-state index contributed by atoms with van der Waals surface area (Å²) in [6.07, 6.45) is 1.18. The monoisotopic (exact) mass is 619 g/mol. The third-order valence-electron chi connectivity index (χ3n) is 6.42. The number of hydrogen-bond acceptors (Lipinski definition) is 6. The van der Waals surface area contributed by atoms with Crippen molar-refractivity contribution in [1.29, 1.82) is 0 Å². The van der Waals surface area contributed by atoms with Crippen molar-refractivity contribution in [3.8, 4) is 11.5 Å². The van der Waals surface area contributed by atoms with Gasteiger partial charge in [0.1, 0.15) is 12.6 Å². The summed E-state index contributed by atoms with van der Waals surface area (Å²) in [6.45, 7) is 2.94. The minimum absolute atomic E-state index is 0.00902. The Labute approximate surface area is 250 Å². The first kappa shape index (κ1) is 30.5. The zero-order chi connectivity index (χ0) is 29.7. The maximum absolute atomic E-state index is 14.2. The van der Waals surface area contributed by atoms with Crippen LogP contribution < -0.4 is 19.1 Å². The van der Waals surface area contributed by atoms with E-state index in [1.54, 1.807) is 24.3 Å². The molecule has 12 heteroatoms. The predicted molar refractivity (Wildman–Crippen MR) is 159 cm³/mol. The largest absolute Gasteiger partial charge is 0.454 e. The molecule has 0 bridgehead atoms. The number of carbonyl (C=O) groups excluding carboxylic acids is 2. The lowest BCUT2D eigenvalue weighted by Crippen LogP contribution is -2.54. The van der Waals surface area contributed by atoms with Gasteiger partial charge in [0.25, 0.3) is 0 Å². The van der Waals surface area contributed by atoms with Gasteiger partial charge in [-0.15, -0.1) is 0 Å². The lowest BCUT2D eigenvalue weighted by atomic mass is 10.0. The summed E-state index contributed by atoms with van der Waals surface area (Å²) in [5, 5.41) is 3.52. The second kappa shape index (κ2) is 13.0. The molecule has 0 spiro atoms. The number of sulfonamides is 1. The van der Waals surface area contributed by atoms with Crippen LogP contribution in [0.3, 0.4) is 0 Å². The molecule has 1 atom stereocenters. The molecule has 41 heavy (non-hydrogen) atoms. The molecule has 3 aromatic carbocycles. The molecule has 0 aliphatic carbocycles. The van der Waals surface area contributed by atoms with Crippen molar-refractivity contribution in [2.75, 3.05) is 23.9 Å². The Hall–Kier alpha value is -3.47. The molecule has 1 aliphatic rings. The first-order valence-electron chi connectivity index (χ1n) is 12.9. The maximum Gasteiger partial charge on any atom is 0.244 e. The number of benzene rings is 3. The number of ether oxygens (including phenoxy) is 2. The third-order valence-corrected chi connectivity index (χ3v) is 8.26. The number of anilines is 1. The predicted octanol–water partition coefficient (Wildman–Crippen LogP) is 4.65. The van der Waals surface area contributed by atoms with Crippen LogP contribution in [0.1, 0.15) is 25.0 Å². The molecule has 1 N–H and O–H groups in total. The van der Waals surface area contributed by atoms with E-state index in [1.165, 1.54) is 17.0 Å². The second-order valence-electron chi connectivity index (χ2n) is 9.90. The van der Waals surface area contributed by atoms with Crippen LogP contribution in [-0.2, 0) is 32.6 Å². The van der Waals surface area contributed by atoms with Gasteiger partial charge in [-0.3, -0.25) is 13.9 Å². The van der Waals surface area contributed by atoms with Crippen molar-refractivity contribution in [2.45, 2.75) is 38.9 Å². The number of hydrogen-bond donors (Lipinski definition) is 1. The number of halogens is 2. The van der Waals surface area contributed by atoms with Crippen molar-refractivity contribution in [3.63, 3.8) is 0 Å². The quantitative estimate of drug-likeness (QED) is 0.335. The molecule has 2 amide bonds. The van der Waals surface area contributed by atoms with E-state index in [1.807, 2.05) is 44.2 Å². The van der Waals surface area contributed by atoms with Gasteiger partial charge >= 0.3 is 0 Å². The third kappa shape index (κ3) is 7.63. The fraction of sp³-hybridized carbons (Fsp3) is 0.310. The fourth-order valence-electron chi connectivity index (χ4n) is 4.44. The number of nitrogens with zero attached hydrogens (tertiary/aromatic N) is 2. The van der Waals surface area contributed by atoms with Crippen LogP contribution in [0.25, 0.3) is 0 Å². The Morgan fingerprint density at radius 2 is 1.61 bits per heavy atom. The minimum Gasteiger partial charge on any atom is -0.454 e. The zero-order valence-corrected chi connectivity index (χ0v) is 25.2. The van der Waals surface area contributed by atoms with E-state index >= 15 is 0 Å². The van der Waals surface area contributed by atoms with Crippen LogP contribution in [0.2, 0.25) is 10.0 Å². The number of nitrogens with one attached hydrogen (secondary N) is 1. The Morgan fingerprint density at radius 1 is 0.951 bits per heavy atom. The van der Waals surface area contributed by atoms with E-state index in [4.69, 9.17) is 32.7 Å². The van der Waals surface area contributed by atoms with Crippen molar-refractivity contribution >= 4 is 50.7 Å². The fourth-order valence-corrected chi connectivity index (χ4v) is 5.80. The Balaban J connectivity index is 1.76. The van der Waals surface area contributed by atoms with Crippen LogP contribution in [0.4, 0.5) is 5.69 Å². The molecule has 0 radical (unpaired) electrons. The molecular formula is C29H31Cl2N3O6S. The number of carbonyl (C=O) groups is 2. The van der Waals surface area contributed by atoms with Crippen molar-refractivity contribution < 1.29 is 27.5 Å². The number of fused-ring (bicyclic) bond motifs is 1. The summed E-state index contributed by atoms with van der Waals surface area (Å²) >= 11 is 13.0. The summed E-state index contributed by atoms with van der Waals surface area (Å²) in [5.41, 5.74) is 1.47. The molecule has 218 valence electrons. The van der Waals surface area contributed by atoms with Gasteiger partial charge in [-0.25, -0.2) is 8.42 Å². The molecule has 3 aromatic rings. The molecule has 0 saturated heterocycles. The van der Waals surface area contributed by atoms with E-state index in [0.29, 0.717) is 27.1 Å². The van der Waals surface area contributed by atoms with Crippen molar-refractivity contribution in [3.05, 3.63) is 87.9 Å². The Kier molecular flexibility index (Phi) is 9.68. The molecule has 1 heterocycles. The smallest absolute Gasteiger partial charge is 0.244 e. The SMILES string of the molecule is CC(C)NC(=O)[C@@H](Cc1ccccc1)N(Cc1c(Cl)cccc1Cl)C(=O)CN(c1ccc2c(c1)OCO2)S(C)(=O)=O. The van der Waals surface area contributed by atoms with Crippen LogP contribution in [0.5, 0.6) is 11.5 Å². The van der Waals surface area contributed by atoms with Crippen LogP contribution in [0, 0.1) is 0 Å². The summed E-state index contributed by atoms with van der Waals surface area (Å²) < 4.78 is 37.6. The minimum atomic E-state index is -3.94. The molecule has 0 aromatic heterocycles. The van der Waals surface area contributed by atoms with Crippen LogP contribution in [-0.4, -0.2) is 56.8 Å². The highest BCUT2D eigenvalue weighted by molar-refractivity contribution is 7.92.